The molecule has 11 nitrogen and oxygen atoms in total. The fraction of sp³-hybridized carbons (Fsp3) is 0.407. The van der Waals surface area contributed by atoms with Crippen LogP contribution in [0, 0.1) is 6.92 Å². The van der Waals surface area contributed by atoms with Gasteiger partial charge in [-0.15, -0.1) is 0 Å². The molecule has 1 unspecified atom stereocenters. The third-order valence-corrected chi connectivity index (χ3v) is 8.04. The predicted molar refractivity (Wildman–Crippen MR) is 141 cm³/mol. The van der Waals surface area contributed by atoms with E-state index in [1.807, 2.05) is 31.2 Å². The highest BCUT2D eigenvalue weighted by Gasteiger charge is 2.49. The molecule has 12 heteroatoms. The van der Waals surface area contributed by atoms with Gasteiger partial charge in [-0.2, -0.15) is 4.98 Å². The van der Waals surface area contributed by atoms with E-state index in [2.05, 4.69) is 20.3 Å². The zero-order chi connectivity index (χ0) is 27.6. The molecule has 1 fully saturated rings. The number of carbonyl (C=O) groups excluding carboxylic acids is 2. The molecule has 1 aromatic heterocycles. The minimum Gasteiger partial charge on any atom is -0.343 e. The van der Waals surface area contributed by atoms with Crippen LogP contribution in [0.15, 0.2) is 59.4 Å². The highest BCUT2D eigenvalue weighted by atomic mass is 32.2. The summed E-state index contributed by atoms with van der Waals surface area (Å²) in [6, 6.07) is 13.1. The first-order valence-corrected chi connectivity index (χ1v) is 14.7. The zero-order valence-electron chi connectivity index (χ0n) is 21.7. The Morgan fingerprint density at radius 3 is 2.59 bits per heavy atom. The van der Waals surface area contributed by atoms with Gasteiger partial charge in [-0.25, -0.2) is 18.6 Å². The lowest BCUT2D eigenvalue weighted by molar-refractivity contribution is -0.138. The van der Waals surface area contributed by atoms with Gasteiger partial charge in [0.1, 0.15) is 6.61 Å². The van der Waals surface area contributed by atoms with Crippen LogP contribution in [0.1, 0.15) is 70.5 Å². The van der Waals surface area contributed by atoms with E-state index in [4.69, 9.17) is 9.36 Å². The number of benzene rings is 2. The molecule has 0 bridgehead atoms. The number of hydrogen-bond acceptors (Lipinski definition) is 8. The average Bonchev–Trinajstić information content (AvgIpc) is 3.42. The van der Waals surface area contributed by atoms with Crippen LogP contribution < -0.4 is 10.2 Å². The molecule has 5 rings (SSSR count). The molecule has 2 N–H and O–H groups in total. The summed E-state index contributed by atoms with van der Waals surface area (Å²) < 4.78 is 32.0. The Morgan fingerprint density at radius 1 is 1.13 bits per heavy atom. The van der Waals surface area contributed by atoms with Crippen LogP contribution in [0.4, 0.5) is 0 Å². The van der Waals surface area contributed by atoms with E-state index in [0.29, 0.717) is 24.0 Å². The van der Waals surface area contributed by atoms with Crippen LogP contribution in [-0.4, -0.2) is 53.6 Å². The summed E-state index contributed by atoms with van der Waals surface area (Å²) in [5, 5.41) is 3.68. The van der Waals surface area contributed by atoms with Crippen LogP contribution in [-0.2, 0) is 26.3 Å². The second-order valence-corrected chi connectivity index (χ2v) is 11.9. The Labute approximate surface area is 226 Å². The quantitative estimate of drug-likeness (QED) is 0.405. The molecule has 0 saturated heterocycles. The minimum absolute atomic E-state index is 0.0998. The number of nitrogens with zero attached hydrogens (tertiary/aromatic N) is 3. The van der Waals surface area contributed by atoms with Gasteiger partial charge < -0.3 is 9.42 Å². The van der Waals surface area contributed by atoms with Crippen molar-refractivity contribution in [3.63, 3.8) is 0 Å². The van der Waals surface area contributed by atoms with Crippen molar-refractivity contribution < 1.29 is 27.4 Å². The summed E-state index contributed by atoms with van der Waals surface area (Å²) >= 11 is 0. The van der Waals surface area contributed by atoms with Crippen molar-refractivity contribution in [2.24, 2.45) is 0 Å². The summed E-state index contributed by atoms with van der Waals surface area (Å²) in [5.41, 5.74) is 5.31. The van der Waals surface area contributed by atoms with Crippen molar-refractivity contribution in [2.45, 2.75) is 63.3 Å². The van der Waals surface area contributed by atoms with Crippen molar-refractivity contribution >= 4 is 21.8 Å². The molecule has 2 amide bonds. The van der Waals surface area contributed by atoms with Gasteiger partial charge in [0, 0.05) is 17.6 Å². The topological polar surface area (TPSA) is 144 Å². The normalized spacial score (nSPS) is 23.3. The zero-order valence-corrected chi connectivity index (χ0v) is 22.6. The Balaban J connectivity index is 1.58. The maximum absolute atomic E-state index is 14.2. The highest BCUT2D eigenvalue weighted by Crippen LogP contribution is 2.46. The molecule has 39 heavy (non-hydrogen) atoms. The van der Waals surface area contributed by atoms with Crippen LogP contribution >= 0.6 is 0 Å². The van der Waals surface area contributed by atoms with Crippen LogP contribution in [0.5, 0.6) is 0 Å². The number of hydroxylamine groups is 1. The molecule has 3 aromatic rings. The van der Waals surface area contributed by atoms with Gasteiger partial charge in [0.05, 0.1) is 18.2 Å². The first-order valence-electron chi connectivity index (χ1n) is 12.9. The van der Waals surface area contributed by atoms with Gasteiger partial charge in [0.25, 0.3) is 11.8 Å². The maximum atomic E-state index is 14.2. The van der Waals surface area contributed by atoms with E-state index >= 15 is 0 Å². The van der Waals surface area contributed by atoms with Crippen LogP contribution in [0.2, 0.25) is 0 Å². The van der Waals surface area contributed by atoms with E-state index < -0.39 is 40.0 Å². The molecule has 4 atom stereocenters. The first-order chi connectivity index (χ1) is 18.7. The number of sulfonamides is 1. The molecule has 1 aliphatic heterocycles. The molecule has 206 valence electrons. The third-order valence-electron chi connectivity index (χ3n) is 7.31. The highest BCUT2D eigenvalue weighted by molar-refractivity contribution is 7.88. The molecule has 1 saturated carbocycles. The number of carbonyl (C=O) groups is 2. The Morgan fingerprint density at radius 2 is 1.87 bits per heavy atom. The van der Waals surface area contributed by atoms with Gasteiger partial charge in [0.15, 0.2) is 5.82 Å². The Bertz CT molecular complexity index is 1430. The Hall–Kier alpha value is -3.61. The second kappa shape index (κ2) is 11.2. The summed E-state index contributed by atoms with van der Waals surface area (Å²) in [7, 11) is -3.53. The molecular formula is C27H31N5O6S. The number of rotatable bonds is 8. The van der Waals surface area contributed by atoms with Crippen molar-refractivity contribution in [1.82, 2.24) is 25.2 Å². The van der Waals surface area contributed by atoms with E-state index in [9.17, 15) is 18.0 Å². The average molecular weight is 554 g/mol. The molecule has 2 heterocycles. The maximum Gasteiger partial charge on any atom is 0.255 e. The molecular weight excluding hydrogens is 522 g/mol. The number of aromatic nitrogens is 2. The SMILES string of the molecule is Cc1ccc([C@H]2[C@H](C(=O)NOCc3ncon3)c3ccccc3C(=O)N2C2CCCC[C@@H]2NS(C)(=O)=O)cc1. The number of hydrogen-bond donors (Lipinski definition) is 2. The molecule has 2 aromatic carbocycles. The van der Waals surface area contributed by atoms with Crippen LogP contribution in [0.25, 0.3) is 0 Å². The van der Waals surface area contributed by atoms with Crippen LogP contribution in [0.3, 0.4) is 0 Å². The van der Waals surface area contributed by atoms with E-state index in [1.165, 1.54) is 6.39 Å². The monoisotopic (exact) mass is 553 g/mol. The number of fused-ring (bicyclic) bond motifs is 1. The molecule has 0 radical (unpaired) electrons. The van der Waals surface area contributed by atoms with E-state index in [0.717, 1.165) is 30.2 Å². The fourth-order valence-electron chi connectivity index (χ4n) is 5.67. The second-order valence-electron chi connectivity index (χ2n) is 10.1. The Kier molecular flexibility index (Phi) is 7.78. The predicted octanol–water partition coefficient (Wildman–Crippen LogP) is 2.77. The first kappa shape index (κ1) is 27.0. The number of nitrogens with one attached hydrogen (secondary N) is 2. The van der Waals surface area contributed by atoms with Crippen molar-refractivity contribution in [2.75, 3.05) is 6.26 Å². The summed E-state index contributed by atoms with van der Waals surface area (Å²) in [6.45, 7) is 1.86. The standard InChI is InChI=1S/C27H31N5O6S/c1-17-11-13-18(14-12-17)25-24(26(33)30-37-15-23-28-16-38-29-23)19-7-3-4-8-20(19)27(34)32(25)22-10-6-5-9-21(22)31-39(2,35)36/h3-4,7-8,11-14,16,21-22,24-25,31H,5-6,9-10,15H2,1-2H3,(H,30,33)/t21-,22?,24+,25-/m0/s1. The van der Waals surface area contributed by atoms with Gasteiger partial charge >= 0.3 is 0 Å². The summed E-state index contributed by atoms with van der Waals surface area (Å²) in [4.78, 5) is 39.0. The number of amides is 2. The van der Waals surface area contributed by atoms with Crippen molar-refractivity contribution in [1.29, 1.82) is 0 Å². The lowest BCUT2D eigenvalue weighted by Crippen LogP contribution is -2.59. The lowest BCUT2D eigenvalue weighted by atomic mass is 9.76. The van der Waals surface area contributed by atoms with Gasteiger partial charge in [0.2, 0.25) is 16.4 Å². The molecule has 0 spiro atoms. The van der Waals surface area contributed by atoms with Gasteiger partial charge in [-0.3, -0.25) is 14.4 Å². The number of aryl methyl sites for hydroxylation is 1. The smallest absolute Gasteiger partial charge is 0.255 e. The fourth-order valence-corrected chi connectivity index (χ4v) is 6.49. The largest absolute Gasteiger partial charge is 0.343 e. The van der Waals surface area contributed by atoms with E-state index in [-0.39, 0.29) is 18.3 Å². The summed E-state index contributed by atoms with van der Waals surface area (Å²) in [5.74, 6) is -1.24. The molecule has 1 aliphatic carbocycles. The lowest BCUT2D eigenvalue weighted by Gasteiger charge is -2.49. The summed E-state index contributed by atoms with van der Waals surface area (Å²) in [6.07, 6.45) is 5.16. The van der Waals surface area contributed by atoms with Gasteiger partial charge in [-0.05, 0) is 37.0 Å². The van der Waals surface area contributed by atoms with E-state index in [1.54, 1.807) is 29.2 Å². The third kappa shape index (κ3) is 5.87. The van der Waals surface area contributed by atoms with Gasteiger partial charge in [-0.1, -0.05) is 66.0 Å². The van der Waals surface area contributed by atoms with Crippen molar-refractivity contribution in [3.05, 3.63) is 83.0 Å². The molecule has 2 aliphatic rings. The minimum atomic E-state index is -3.53. The van der Waals surface area contributed by atoms with Crippen molar-refractivity contribution in [3.8, 4) is 0 Å².